The number of nitrogens with one attached hydrogen (secondary N) is 1. The summed E-state index contributed by atoms with van der Waals surface area (Å²) in [7, 11) is 1.94. The first-order chi connectivity index (χ1) is 9.30. The second kappa shape index (κ2) is 9.75. The van der Waals surface area contributed by atoms with E-state index >= 15 is 0 Å². The van der Waals surface area contributed by atoms with E-state index in [-0.39, 0.29) is 0 Å². The molecule has 0 fully saturated rings. The normalized spacial score (nSPS) is 10.7. The van der Waals surface area contributed by atoms with Crippen LogP contribution in [0.15, 0.2) is 12.1 Å². The molecule has 4 nitrogen and oxygen atoms in total. The van der Waals surface area contributed by atoms with Crippen LogP contribution in [0.4, 0.5) is 0 Å². The summed E-state index contributed by atoms with van der Waals surface area (Å²) in [6.07, 6.45) is 3.19. The molecule has 0 amide bonds. The summed E-state index contributed by atoms with van der Waals surface area (Å²) in [6, 6.07) is 4.10. The van der Waals surface area contributed by atoms with E-state index in [0.717, 1.165) is 38.1 Å². The first-order valence-electron chi connectivity index (χ1n) is 7.15. The number of hydrogen-bond donors (Lipinski definition) is 1. The monoisotopic (exact) mass is 266 g/mol. The highest BCUT2D eigenvalue weighted by atomic mass is 16.5. The van der Waals surface area contributed by atoms with Crippen molar-refractivity contribution in [2.45, 2.75) is 39.7 Å². The molecule has 1 N–H and O–H groups in total. The lowest BCUT2D eigenvalue weighted by Crippen LogP contribution is -2.10. The highest BCUT2D eigenvalue weighted by molar-refractivity contribution is 5.25. The van der Waals surface area contributed by atoms with Gasteiger partial charge < -0.3 is 14.8 Å². The van der Waals surface area contributed by atoms with E-state index in [1.807, 2.05) is 13.1 Å². The van der Waals surface area contributed by atoms with Crippen molar-refractivity contribution in [3.63, 3.8) is 0 Å². The van der Waals surface area contributed by atoms with Crippen molar-refractivity contribution in [2.75, 3.05) is 26.9 Å². The summed E-state index contributed by atoms with van der Waals surface area (Å²) >= 11 is 0. The Morgan fingerprint density at radius 1 is 1.16 bits per heavy atom. The third-order valence-electron chi connectivity index (χ3n) is 2.78. The second-order valence-corrected chi connectivity index (χ2v) is 4.50. The lowest BCUT2D eigenvalue weighted by molar-refractivity contribution is 0.0964. The van der Waals surface area contributed by atoms with Crippen LogP contribution in [-0.4, -0.2) is 31.9 Å². The second-order valence-electron chi connectivity index (χ2n) is 4.50. The Morgan fingerprint density at radius 2 is 2.00 bits per heavy atom. The summed E-state index contributed by atoms with van der Waals surface area (Å²) in [6.45, 7) is 7.08. The van der Waals surface area contributed by atoms with Crippen molar-refractivity contribution in [2.24, 2.45) is 0 Å². The van der Waals surface area contributed by atoms with E-state index in [9.17, 15) is 0 Å². The number of aromatic nitrogens is 1. The van der Waals surface area contributed by atoms with Crippen molar-refractivity contribution in [3.05, 3.63) is 23.4 Å². The van der Waals surface area contributed by atoms with Crippen molar-refractivity contribution >= 4 is 0 Å². The fraction of sp³-hybridized carbons (Fsp3) is 0.667. The molecule has 0 spiro atoms. The van der Waals surface area contributed by atoms with Crippen LogP contribution >= 0.6 is 0 Å². The smallest absolute Gasteiger partial charge is 0.213 e. The quantitative estimate of drug-likeness (QED) is 0.661. The van der Waals surface area contributed by atoms with Gasteiger partial charge in [0.1, 0.15) is 6.61 Å². The van der Waals surface area contributed by atoms with E-state index in [1.54, 1.807) is 0 Å². The van der Waals surface area contributed by atoms with Crippen LogP contribution in [0.5, 0.6) is 5.88 Å². The molecule has 0 aromatic carbocycles. The molecule has 0 aliphatic rings. The molecule has 0 atom stereocenters. The first-order valence-corrected chi connectivity index (χ1v) is 7.15. The third kappa shape index (κ3) is 6.55. The number of ether oxygens (including phenoxy) is 2. The largest absolute Gasteiger partial charge is 0.475 e. The Morgan fingerprint density at radius 3 is 2.68 bits per heavy atom. The highest BCUT2D eigenvalue weighted by Crippen LogP contribution is 2.13. The Bertz CT molecular complexity index is 356. The molecule has 108 valence electrons. The topological polar surface area (TPSA) is 43.4 Å². The minimum Gasteiger partial charge on any atom is -0.475 e. The van der Waals surface area contributed by atoms with Gasteiger partial charge in [0, 0.05) is 24.9 Å². The van der Waals surface area contributed by atoms with Gasteiger partial charge in [0.05, 0.1) is 6.61 Å². The minimum atomic E-state index is 0.558. The average molecular weight is 266 g/mol. The summed E-state index contributed by atoms with van der Waals surface area (Å²) in [5.74, 6) is 0.698. The molecular weight excluding hydrogens is 240 g/mol. The fourth-order valence-corrected chi connectivity index (χ4v) is 1.74. The van der Waals surface area contributed by atoms with Crippen LogP contribution in [0.25, 0.3) is 0 Å². The molecule has 0 unspecified atom stereocenters. The molecular formula is C15H26N2O2. The molecule has 0 aliphatic carbocycles. The number of hydrogen-bond acceptors (Lipinski definition) is 4. The molecule has 1 aromatic heterocycles. The van der Waals surface area contributed by atoms with E-state index in [1.165, 1.54) is 5.56 Å². The van der Waals surface area contributed by atoms with Gasteiger partial charge in [0.2, 0.25) is 5.88 Å². The van der Waals surface area contributed by atoms with E-state index in [4.69, 9.17) is 9.47 Å². The zero-order valence-corrected chi connectivity index (χ0v) is 12.4. The van der Waals surface area contributed by atoms with Crippen molar-refractivity contribution in [1.29, 1.82) is 0 Å². The highest BCUT2D eigenvalue weighted by Gasteiger charge is 2.02. The van der Waals surface area contributed by atoms with Crippen LogP contribution in [0.3, 0.4) is 0 Å². The van der Waals surface area contributed by atoms with Crippen LogP contribution < -0.4 is 10.1 Å². The Kier molecular flexibility index (Phi) is 8.18. The summed E-state index contributed by atoms with van der Waals surface area (Å²) in [5, 5.41) is 3.14. The molecule has 0 saturated heterocycles. The Labute approximate surface area is 116 Å². The van der Waals surface area contributed by atoms with Crippen LogP contribution in [0, 0.1) is 0 Å². The summed E-state index contributed by atoms with van der Waals surface area (Å²) in [4.78, 5) is 4.46. The van der Waals surface area contributed by atoms with Crippen LogP contribution in [-0.2, 0) is 17.7 Å². The van der Waals surface area contributed by atoms with Gasteiger partial charge in [0.25, 0.3) is 0 Å². The predicted molar refractivity (Wildman–Crippen MR) is 77.6 cm³/mol. The van der Waals surface area contributed by atoms with Gasteiger partial charge in [0.15, 0.2) is 0 Å². The summed E-state index contributed by atoms with van der Waals surface area (Å²) < 4.78 is 11.1. The van der Waals surface area contributed by atoms with Gasteiger partial charge in [-0.1, -0.05) is 20.3 Å². The number of nitrogens with zero attached hydrogens (tertiary/aromatic N) is 1. The number of unbranched alkanes of at least 4 members (excludes halogenated alkanes) is 1. The Hall–Kier alpha value is -1.13. The van der Waals surface area contributed by atoms with Crippen LogP contribution in [0.1, 0.15) is 37.9 Å². The minimum absolute atomic E-state index is 0.558. The molecule has 0 bridgehead atoms. The first kappa shape index (κ1) is 15.9. The number of pyridine rings is 1. The van der Waals surface area contributed by atoms with E-state index < -0.39 is 0 Å². The maximum absolute atomic E-state index is 5.65. The van der Waals surface area contributed by atoms with Gasteiger partial charge in [-0.3, -0.25) is 0 Å². The maximum atomic E-state index is 5.65. The molecule has 1 aromatic rings. The van der Waals surface area contributed by atoms with Crippen LogP contribution in [0.2, 0.25) is 0 Å². The molecule has 4 heteroatoms. The molecule has 19 heavy (non-hydrogen) atoms. The van der Waals surface area contributed by atoms with Crippen molar-refractivity contribution < 1.29 is 9.47 Å². The standard InChI is InChI=1S/C15H26N2O2/c1-4-6-7-18-8-9-19-15-11-13(12-16-3)10-14(5-2)17-15/h10-11,16H,4-9,12H2,1-3H3. The van der Waals surface area contributed by atoms with Gasteiger partial charge >= 0.3 is 0 Å². The molecule has 1 heterocycles. The predicted octanol–water partition coefficient (Wildman–Crippen LogP) is 2.56. The van der Waals surface area contributed by atoms with Crippen molar-refractivity contribution in [1.82, 2.24) is 10.3 Å². The zero-order valence-electron chi connectivity index (χ0n) is 12.4. The SMILES string of the molecule is CCCCOCCOc1cc(CNC)cc(CC)n1. The molecule has 0 aliphatic heterocycles. The number of aryl methyl sites for hydroxylation is 1. The van der Waals surface area contributed by atoms with Crippen molar-refractivity contribution in [3.8, 4) is 5.88 Å². The van der Waals surface area contributed by atoms with Gasteiger partial charge in [-0.15, -0.1) is 0 Å². The molecule has 0 saturated carbocycles. The van der Waals surface area contributed by atoms with Gasteiger partial charge in [-0.25, -0.2) is 4.98 Å². The molecule has 1 rings (SSSR count). The average Bonchev–Trinajstić information content (AvgIpc) is 2.43. The fourth-order valence-electron chi connectivity index (χ4n) is 1.74. The van der Waals surface area contributed by atoms with Gasteiger partial charge in [-0.2, -0.15) is 0 Å². The third-order valence-corrected chi connectivity index (χ3v) is 2.78. The zero-order chi connectivity index (χ0) is 13.9. The molecule has 0 radical (unpaired) electrons. The van der Waals surface area contributed by atoms with Gasteiger partial charge in [-0.05, 0) is 31.5 Å². The summed E-state index contributed by atoms with van der Waals surface area (Å²) in [5.41, 5.74) is 2.27. The number of rotatable bonds is 10. The van der Waals surface area contributed by atoms with E-state index in [2.05, 4.69) is 30.2 Å². The van der Waals surface area contributed by atoms with E-state index in [0.29, 0.717) is 19.1 Å². The maximum Gasteiger partial charge on any atom is 0.213 e. The lowest BCUT2D eigenvalue weighted by atomic mass is 10.2. The Balaban J connectivity index is 2.41. The lowest BCUT2D eigenvalue weighted by Gasteiger charge is -2.10.